The van der Waals surface area contributed by atoms with Crippen LogP contribution in [0.1, 0.15) is 24.2 Å². The first-order chi connectivity index (χ1) is 9.06. The third-order valence-electron chi connectivity index (χ3n) is 2.86. The molecule has 108 valence electrons. The summed E-state index contributed by atoms with van der Waals surface area (Å²) in [4.78, 5) is 11.8. The van der Waals surface area contributed by atoms with Crippen LogP contribution in [0.3, 0.4) is 0 Å². The van der Waals surface area contributed by atoms with Crippen molar-refractivity contribution in [2.75, 3.05) is 20.3 Å². The lowest BCUT2D eigenvalue weighted by Crippen LogP contribution is -2.39. The number of carbonyl (C=O) groups is 1. The molecule has 1 heterocycles. The Bertz CT molecular complexity index is 398. The molecule has 0 saturated carbocycles. The molecule has 0 aliphatic heterocycles. The monoisotopic (exact) mass is 269 g/mol. The first-order valence-electron chi connectivity index (χ1n) is 6.47. The van der Waals surface area contributed by atoms with Crippen molar-refractivity contribution in [1.82, 2.24) is 15.1 Å². The Morgan fingerprint density at radius 3 is 2.84 bits per heavy atom. The average Bonchev–Trinajstić information content (AvgIpc) is 2.66. The van der Waals surface area contributed by atoms with Crippen LogP contribution in [0, 0.1) is 13.8 Å². The summed E-state index contributed by atoms with van der Waals surface area (Å²) in [6.45, 7) is 4.90. The van der Waals surface area contributed by atoms with E-state index in [2.05, 4.69) is 10.4 Å². The number of aromatic nitrogens is 2. The SMILES string of the molecule is COCC(CCO)NC(=O)CCn1nc(C)cc1C. The largest absolute Gasteiger partial charge is 0.396 e. The number of ether oxygens (including phenoxy) is 1. The summed E-state index contributed by atoms with van der Waals surface area (Å²) in [6, 6.07) is 1.85. The first kappa shape index (κ1) is 15.7. The third kappa shape index (κ3) is 5.40. The van der Waals surface area contributed by atoms with Gasteiger partial charge in [-0.2, -0.15) is 5.10 Å². The standard InChI is InChI=1S/C13H23N3O3/c1-10-8-11(2)16(15-10)6-4-13(18)14-12(5-7-17)9-19-3/h8,12,17H,4-7,9H2,1-3H3,(H,14,18). The molecule has 6 heteroatoms. The number of amides is 1. The van der Waals surface area contributed by atoms with E-state index < -0.39 is 0 Å². The minimum absolute atomic E-state index is 0.0335. The zero-order chi connectivity index (χ0) is 14.3. The van der Waals surface area contributed by atoms with E-state index in [0.717, 1.165) is 11.4 Å². The van der Waals surface area contributed by atoms with Gasteiger partial charge in [0.2, 0.25) is 5.91 Å². The molecule has 1 amide bonds. The van der Waals surface area contributed by atoms with Gasteiger partial charge in [0.25, 0.3) is 0 Å². The molecule has 6 nitrogen and oxygen atoms in total. The van der Waals surface area contributed by atoms with Gasteiger partial charge in [-0.15, -0.1) is 0 Å². The lowest BCUT2D eigenvalue weighted by atomic mass is 10.2. The summed E-state index contributed by atoms with van der Waals surface area (Å²) >= 11 is 0. The van der Waals surface area contributed by atoms with Gasteiger partial charge in [0.1, 0.15) is 0 Å². The number of methoxy groups -OCH3 is 1. The molecule has 0 aliphatic carbocycles. The predicted molar refractivity (Wildman–Crippen MR) is 71.8 cm³/mol. The van der Waals surface area contributed by atoms with Crippen molar-refractivity contribution in [3.63, 3.8) is 0 Å². The second-order valence-electron chi connectivity index (χ2n) is 4.63. The third-order valence-corrected chi connectivity index (χ3v) is 2.86. The van der Waals surface area contributed by atoms with E-state index in [1.165, 1.54) is 0 Å². The van der Waals surface area contributed by atoms with Gasteiger partial charge in [0.15, 0.2) is 0 Å². The minimum Gasteiger partial charge on any atom is -0.396 e. The Kier molecular flexibility index (Phi) is 6.52. The maximum atomic E-state index is 11.8. The fourth-order valence-corrected chi connectivity index (χ4v) is 1.96. The van der Waals surface area contributed by atoms with Gasteiger partial charge in [-0.3, -0.25) is 9.48 Å². The van der Waals surface area contributed by atoms with Crippen LogP contribution >= 0.6 is 0 Å². The average molecular weight is 269 g/mol. The molecule has 0 aliphatic rings. The van der Waals surface area contributed by atoms with Crippen LogP contribution < -0.4 is 5.32 Å². The fraction of sp³-hybridized carbons (Fsp3) is 0.692. The number of aryl methyl sites for hydroxylation is 3. The van der Waals surface area contributed by atoms with Crippen molar-refractivity contribution in [1.29, 1.82) is 0 Å². The predicted octanol–water partition coefficient (Wildman–Crippen LogP) is 0.404. The van der Waals surface area contributed by atoms with E-state index in [9.17, 15) is 4.79 Å². The fourth-order valence-electron chi connectivity index (χ4n) is 1.96. The second-order valence-corrected chi connectivity index (χ2v) is 4.63. The molecular weight excluding hydrogens is 246 g/mol. The van der Waals surface area contributed by atoms with Gasteiger partial charge >= 0.3 is 0 Å². The van der Waals surface area contributed by atoms with Crippen LogP contribution in [0.5, 0.6) is 0 Å². The van der Waals surface area contributed by atoms with Gasteiger partial charge in [-0.25, -0.2) is 0 Å². The lowest BCUT2D eigenvalue weighted by molar-refractivity contribution is -0.122. The highest BCUT2D eigenvalue weighted by molar-refractivity contribution is 5.76. The second kappa shape index (κ2) is 7.91. The number of hydrogen-bond donors (Lipinski definition) is 2. The Hall–Kier alpha value is -1.40. The van der Waals surface area contributed by atoms with Crippen molar-refractivity contribution in [3.8, 4) is 0 Å². The van der Waals surface area contributed by atoms with E-state index in [-0.39, 0.29) is 18.6 Å². The molecule has 19 heavy (non-hydrogen) atoms. The number of nitrogens with zero attached hydrogens (tertiary/aromatic N) is 2. The summed E-state index contributed by atoms with van der Waals surface area (Å²) in [5, 5.41) is 16.1. The number of nitrogens with one attached hydrogen (secondary N) is 1. The van der Waals surface area contributed by atoms with Crippen molar-refractivity contribution in [2.24, 2.45) is 0 Å². The molecule has 0 radical (unpaired) electrons. The summed E-state index contributed by atoms with van der Waals surface area (Å²) in [7, 11) is 1.58. The first-order valence-corrected chi connectivity index (χ1v) is 6.47. The van der Waals surface area contributed by atoms with Gasteiger partial charge in [-0.05, 0) is 26.3 Å². The molecule has 0 aromatic carbocycles. The van der Waals surface area contributed by atoms with Gasteiger partial charge in [0, 0.05) is 32.4 Å². The molecule has 0 bridgehead atoms. The van der Waals surface area contributed by atoms with Crippen LogP contribution in [0.2, 0.25) is 0 Å². The van der Waals surface area contributed by atoms with Gasteiger partial charge in [-0.1, -0.05) is 0 Å². The number of aliphatic hydroxyl groups is 1. The molecule has 0 saturated heterocycles. The smallest absolute Gasteiger partial charge is 0.222 e. The van der Waals surface area contributed by atoms with Crippen LogP contribution in [0.25, 0.3) is 0 Å². The molecule has 0 spiro atoms. The van der Waals surface area contributed by atoms with Crippen LogP contribution in [-0.2, 0) is 16.1 Å². The highest BCUT2D eigenvalue weighted by atomic mass is 16.5. The van der Waals surface area contributed by atoms with E-state index in [1.54, 1.807) is 7.11 Å². The number of carbonyl (C=O) groups excluding carboxylic acids is 1. The summed E-state index contributed by atoms with van der Waals surface area (Å²) in [5.41, 5.74) is 2.00. The highest BCUT2D eigenvalue weighted by Crippen LogP contribution is 2.03. The Balaban J connectivity index is 2.40. The lowest BCUT2D eigenvalue weighted by Gasteiger charge is -2.16. The zero-order valence-electron chi connectivity index (χ0n) is 11.8. The van der Waals surface area contributed by atoms with Gasteiger partial charge < -0.3 is 15.2 Å². The van der Waals surface area contributed by atoms with Crippen LogP contribution in [0.4, 0.5) is 0 Å². The molecule has 1 rings (SSSR count). The molecular formula is C13H23N3O3. The van der Waals surface area contributed by atoms with E-state index in [1.807, 2.05) is 24.6 Å². The maximum absolute atomic E-state index is 11.8. The molecule has 1 atom stereocenters. The molecule has 2 N–H and O–H groups in total. The van der Waals surface area contributed by atoms with Crippen molar-refractivity contribution in [3.05, 3.63) is 17.5 Å². The molecule has 1 aromatic heterocycles. The Morgan fingerprint density at radius 2 is 2.32 bits per heavy atom. The summed E-state index contributed by atoms with van der Waals surface area (Å²) in [5.74, 6) is -0.0527. The van der Waals surface area contributed by atoms with E-state index >= 15 is 0 Å². The van der Waals surface area contributed by atoms with E-state index in [4.69, 9.17) is 9.84 Å². The Morgan fingerprint density at radius 1 is 1.58 bits per heavy atom. The van der Waals surface area contributed by atoms with Gasteiger partial charge in [0.05, 0.1) is 18.3 Å². The summed E-state index contributed by atoms with van der Waals surface area (Å²) < 4.78 is 6.82. The number of rotatable bonds is 8. The normalized spacial score (nSPS) is 12.4. The molecule has 1 aromatic rings. The minimum atomic E-state index is -0.136. The van der Waals surface area contributed by atoms with Crippen molar-refractivity contribution in [2.45, 2.75) is 39.3 Å². The van der Waals surface area contributed by atoms with E-state index in [0.29, 0.717) is 26.0 Å². The maximum Gasteiger partial charge on any atom is 0.222 e. The van der Waals surface area contributed by atoms with Crippen LogP contribution in [-0.4, -0.2) is 47.2 Å². The topological polar surface area (TPSA) is 76.4 Å². The van der Waals surface area contributed by atoms with Crippen LogP contribution in [0.15, 0.2) is 6.07 Å². The summed E-state index contributed by atoms with van der Waals surface area (Å²) in [6.07, 6.45) is 0.868. The zero-order valence-corrected chi connectivity index (χ0v) is 11.8. The quantitative estimate of drug-likeness (QED) is 0.716. The highest BCUT2D eigenvalue weighted by Gasteiger charge is 2.12. The molecule has 1 unspecified atom stereocenters. The Labute approximate surface area is 113 Å². The number of hydrogen-bond acceptors (Lipinski definition) is 4. The molecule has 0 fully saturated rings. The number of aliphatic hydroxyl groups excluding tert-OH is 1. The van der Waals surface area contributed by atoms with Crippen molar-refractivity contribution < 1.29 is 14.6 Å². The van der Waals surface area contributed by atoms with Crippen molar-refractivity contribution >= 4 is 5.91 Å².